The minimum absolute atomic E-state index is 0.149. The molecule has 0 spiro atoms. The Hall–Kier alpha value is -6.40. The number of nitrogens with zero attached hydrogens (tertiary/aromatic N) is 4. The number of fused-ring (bicyclic) bond motifs is 2. The van der Waals surface area contributed by atoms with Crippen molar-refractivity contribution in [3.05, 3.63) is 60.2 Å². The number of H-pyrrole nitrogens is 2. The van der Waals surface area contributed by atoms with Crippen LogP contribution < -0.4 is 20.1 Å². The number of rotatable bonds is 17. The standard InChI is InChI=1S/C45H56N8O10/c1-26(2)38(51-45(57)61-6)43(55)53-18-8-10-36(53)42-48-32-16-12-28(24-34(32)50-42)30-14-13-29(39(62-21-19-58-3)40(30)63-22-20-59-4)27-11-15-31-33(23-27)49-41(47-31)35-9-7-17-52(35)37(54)25-46-44(56)60-5/h11-16,23-24,26,35-36,38H,7-10,17-22,25H2,1-6H3,(H,46,56)(H,47,49)(H,48,50)(H,51,57)/t35-,36-,38?/m0/s1. The van der Waals surface area contributed by atoms with Crippen molar-refractivity contribution >= 4 is 46.1 Å². The number of aromatic amines is 2. The molecule has 0 aliphatic carbocycles. The molecule has 0 saturated carbocycles. The third kappa shape index (κ3) is 9.81. The molecular weight excluding hydrogens is 813 g/mol. The summed E-state index contributed by atoms with van der Waals surface area (Å²) in [6.07, 6.45) is 1.75. The first-order valence-corrected chi connectivity index (χ1v) is 21.2. The Morgan fingerprint density at radius 3 is 1.70 bits per heavy atom. The van der Waals surface area contributed by atoms with Crippen LogP contribution in [0.3, 0.4) is 0 Å². The number of aromatic nitrogens is 4. The Labute approximate surface area is 365 Å². The Balaban J connectivity index is 1.22. The molecule has 336 valence electrons. The Morgan fingerprint density at radius 2 is 1.21 bits per heavy atom. The zero-order chi connectivity index (χ0) is 44.6. The van der Waals surface area contributed by atoms with E-state index in [1.807, 2.05) is 62.4 Å². The molecule has 0 radical (unpaired) electrons. The molecule has 63 heavy (non-hydrogen) atoms. The molecular formula is C45H56N8O10. The first kappa shape index (κ1) is 44.6. The molecule has 1 unspecified atom stereocenters. The Kier molecular flexibility index (Phi) is 14.3. The number of carbonyl (C=O) groups excluding carboxylic acids is 4. The molecule has 3 aromatic carbocycles. The quantitative estimate of drug-likeness (QED) is 0.0807. The van der Waals surface area contributed by atoms with Crippen molar-refractivity contribution in [2.75, 3.05) is 74.5 Å². The first-order valence-electron chi connectivity index (χ1n) is 21.2. The number of likely N-dealkylation sites (tertiary alicyclic amines) is 2. The van der Waals surface area contributed by atoms with Crippen LogP contribution in [0.15, 0.2) is 48.5 Å². The van der Waals surface area contributed by atoms with Crippen molar-refractivity contribution in [1.82, 2.24) is 40.4 Å². The summed E-state index contributed by atoms with van der Waals surface area (Å²) in [5, 5.41) is 5.19. The fourth-order valence-corrected chi connectivity index (χ4v) is 8.33. The number of imidazole rings is 2. The molecule has 3 atom stereocenters. The van der Waals surface area contributed by atoms with Gasteiger partial charge in [-0.1, -0.05) is 26.0 Å². The Bertz CT molecular complexity index is 2430. The van der Waals surface area contributed by atoms with Crippen LogP contribution >= 0.6 is 0 Å². The van der Waals surface area contributed by atoms with Crippen LogP contribution in [-0.4, -0.2) is 134 Å². The van der Waals surface area contributed by atoms with E-state index in [2.05, 4.69) is 25.3 Å². The largest absolute Gasteiger partial charge is 0.487 e. The number of ether oxygens (including phenoxy) is 6. The summed E-state index contributed by atoms with van der Waals surface area (Å²) < 4.78 is 33.2. The molecule has 5 aromatic rings. The first-order chi connectivity index (χ1) is 30.5. The minimum Gasteiger partial charge on any atom is -0.487 e. The van der Waals surface area contributed by atoms with E-state index in [9.17, 15) is 19.2 Å². The van der Waals surface area contributed by atoms with Gasteiger partial charge in [-0.15, -0.1) is 0 Å². The highest BCUT2D eigenvalue weighted by Gasteiger charge is 2.38. The molecule has 4 heterocycles. The number of alkyl carbamates (subject to hydrolysis) is 2. The van der Waals surface area contributed by atoms with Crippen LogP contribution in [-0.2, 0) is 28.5 Å². The lowest BCUT2D eigenvalue weighted by Gasteiger charge is -2.29. The lowest BCUT2D eigenvalue weighted by atomic mass is 9.97. The zero-order valence-electron chi connectivity index (χ0n) is 36.6. The predicted octanol–water partition coefficient (Wildman–Crippen LogP) is 5.89. The summed E-state index contributed by atoms with van der Waals surface area (Å²) >= 11 is 0. The smallest absolute Gasteiger partial charge is 0.407 e. The van der Waals surface area contributed by atoms with Crippen molar-refractivity contribution in [3.63, 3.8) is 0 Å². The summed E-state index contributed by atoms with van der Waals surface area (Å²) in [6, 6.07) is 14.6. The van der Waals surface area contributed by atoms with Gasteiger partial charge in [-0.2, -0.15) is 0 Å². The number of nitrogens with one attached hydrogen (secondary N) is 4. The van der Waals surface area contributed by atoms with Crippen molar-refractivity contribution in [1.29, 1.82) is 0 Å². The zero-order valence-corrected chi connectivity index (χ0v) is 36.6. The van der Waals surface area contributed by atoms with Gasteiger partial charge in [-0.3, -0.25) is 9.59 Å². The highest BCUT2D eigenvalue weighted by atomic mass is 16.6. The van der Waals surface area contributed by atoms with Gasteiger partial charge in [0.15, 0.2) is 11.5 Å². The fraction of sp³-hybridized carbons (Fsp3) is 0.467. The van der Waals surface area contributed by atoms with Gasteiger partial charge in [0.25, 0.3) is 0 Å². The van der Waals surface area contributed by atoms with Crippen LogP contribution in [0.1, 0.15) is 63.3 Å². The second-order valence-electron chi connectivity index (χ2n) is 15.8. The normalized spacial score (nSPS) is 16.7. The van der Waals surface area contributed by atoms with Gasteiger partial charge < -0.3 is 58.8 Å². The SMILES string of the molecule is COCCOc1c(-c2ccc3nc([C@@H]4CCCN4C(=O)CNC(=O)OC)[nH]c3c2)ccc(-c2ccc3nc([C@@H]4CCCN4C(=O)C(NC(=O)OC)C(C)C)[nH]c3c2)c1OCCOC. The predicted molar refractivity (Wildman–Crippen MR) is 233 cm³/mol. The molecule has 2 aromatic heterocycles. The Morgan fingerprint density at radius 1 is 0.698 bits per heavy atom. The van der Waals surface area contributed by atoms with Crippen molar-refractivity contribution in [2.24, 2.45) is 5.92 Å². The average Bonchev–Trinajstić information content (AvgIpc) is 4.12. The summed E-state index contributed by atoms with van der Waals surface area (Å²) in [4.78, 5) is 70.9. The van der Waals surface area contributed by atoms with E-state index in [1.54, 1.807) is 24.0 Å². The van der Waals surface area contributed by atoms with Gasteiger partial charge in [0.05, 0.1) is 61.6 Å². The number of methoxy groups -OCH3 is 4. The van der Waals surface area contributed by atoms with Gasteiger partial charge in [0.2, 0.25) is 11.8 Å². The lowest BCUT2D eigenvalue weighted by molar-refractivity contribution is -0.135. The maximum absolute atomic E-state index is 13.8. The molecule has 18 heteroatoms. The lowest BCUT2D eigenvalue weighted by Crippen LogP contribution is -2.51. The monoisotopic (exact) mass is 868 g/mol. The second kappa shape index (κ2) is 20.2. The summed E-state index contributed by atoms with van der Waals surface area (Å²) in [5.41, 5.74) is 6.31. The number of carbonyl (C=O) groups is 4. The number of benzene rings is 3. The van der Waals surface area contributed by atoms with Crippen LogP contribution in [0.2, 0.25) is 0 Å². The second-order valence-corrected chi connectivity index (χ2v) is 15.8. The van der Waals surface area contributed by atoms with Crippen molar-refractivity contribution in [3.8, 4) is 33.8 Å². The van der Waals surface area contributed by atoms with Gasteiger partial charge in [0, 0.05) is 38.4 Å². The fourth-order valence-electron chi connectivity index (χ4n) is 8.33. The number of hydrogen-bond acceptors (Lipinski definition) is 12. The summed E-state index contributed by atoms with van der Waals surface area (Å²) in [7, 11) is 5.77. The summed E-state index contributed by atoms with van der Waals surface area (Å²) in [5.74, 6) is 1.85. The molecule has 2 fully saturated rings. The molecule has 2 saturated heterocycles. The van der Waals surface area contributed by atoms with Gasteiger partial charge in [-0.25, -0.2) is 19.6 Å². The molecule has 18 nitrogen and oxygen atoms in total. The van der Waals surface area contributed by atoms with E-state index in [0.717, 1.165) is 70.0 Å². The molecule has 2 aliphatic heterocycles. The van der Waals surface area contributed by atoms with E-state index in [4.69, 9.17) is 33.7 Å². The third-order valence-electron chi connectivity index (χ3n) is 11.5. The van der Waals surface area contributed by atoms with Gasteiger partial charge in [-0.05, 0) is 79.1 Å². The topological polar surface area (TPSA) is 212 Å². The third-order valence-corrected chi connectivity index (χ3v) is 11.5. The van der Waals surface area contributed by atoms with Crippen molar-refractivity contribution < 1.29 is 47.6 Å². The van der Waals surface area contributed by atoms with Crippen LogP contribution in [0, 0.1) is 5.92 Å². The van der Waals surface area contributed by atoms with Crippen LogP contribution in [0.4, 0.5) is 9.59 Å². The maximum Gasteiger partial charge on any atom is 0.407 e. The minimum atomic E-state index is -0.739. The molecule has 0 bridgehead atoms. The average molecular weight is 869 g/mol. The van der Waals surface area contributed by atoms with E-state index in [1.165, 1.54) is 14.2 Å². The van der Waals surface area contributed by atoms with Crippen molar-refractivity contribution in [2.45, 2.75) is 57.7 Å². The van der Waals surface area contributed by atoms with E-state index in [0.29, 0.717) is 49.5 Å². The molecule has 2 aliphatic rings. The molecule has 4 amide bonds. The van der Waals surface area contributed by atoms with E-state index < -0.39 is 18.2 Å². The highest BCUT2D eigenvalue weighted by molar-refractivity contribution is 5.91. The van der Waals surface area contributed by atoms with Crippen LogP contribution in [0.25, 0.3) is 44.3 Å². The number of amides is 4. The van der Waals surface area contributed by atoms with Gasteiger partial charge >= 0.3 is 12.2 Å². The molecule has 4 N–H and O–H groups in total. The molecule has 7 rings (SSSR count). The highest BCUT2D eigenvalue weighted by Crippen LogP contribution is 2.46. The number of hydrogen-bond donors (Lipinski definition) is 4. The summed E-state index contributed by atoms with van der Waals surface area (Å²) in [6.45, 7) is 5.91. The maximum atomic E-state index is 13.8. The van der Waals surface area contributed by atoms with Gasteiger partial charge in [0.1, 0.15) is 37.4 Å². The van der Waals surface area contributed by atoms with E-state index in [-0.39, 0.29) is 49.6 Å². The van der Waals surface area contributed by atoms with Crippen LogP contribution in [0.5, 0.6) is 11.5 Å². The van der Waals surface area contributed by atoms with E-state index >= 15 is 0 Å².